The SMILES string of the molecule is CCC(NC(=O)c1ccc(CN2CCCCC2)cc1)c1ccc(C)cn1. The van der Waals surface area contributed by atoms with Crippen molar-refractivity contribution < 1.29 is 4.79 Å². The van der Waals surface area contributed by atoms with Crippen molar-refractivity contribution in [3.63, 3.8) is 0 Å². The molecule has 1 atom stereocenters. The number of aryl methyl sites for hydroxylation is 1. The minimum Gasteiger partial charge on any atom is -0.344 e. The van der Waals surface area contributed by atoms with Crippen LogP contribution in [0, 0.1) is 6.92 Å². The van der Waals surface area contributed by atoms with Crippen LogP contribution in [0.4, 0.5) is 0 Å². The van der Waals surface area contributed by atoms with E-state index in [1.165, 1.54) is 37.9 Å². The Hall–Kier alpha value is -2.20. The Kier molecular flexibility index (Phi) is 6.40. The highest BCUT2D eigenvalue weighted by atomic mass is 16.1. The molecule has 0 radical (unpaired) electrons. The van der Waals surface area contributed by atoms with E-state index in [0.29, 0.717) is 5.56 Å². The lowest BCUT2D eigenvalue weighted by molar-refractivity contribution is 0.0934. The molecule has 0 saturated carbocycles. The number of amides is 1. The summed E-state index contributed by atoms with van der Waals surface area (Å²) in [5.74, 6) is -0.0382. The topological polar surface area (TPSA) is 45.2 Å². The Morgan fingerprint density at radius 2 is 1.85 bits per heavy atom. The molecule has 2 heterocycles. The molecule has 1 N–H and O–H groups in total. The predicted molar refractivity (Wildman–Crippen MR) is 105 cm³/mol. The maximum Gasteiger partial charge on any atom is 0.251 e. The number of likely N-dealkylation sites (tertiary alicyclic amines) is 1. The summed E-state index contributed by atoms with van der Waals surface area (Å²) in [6.45, 7) is 7.43. The summed E-state index contributed by atoms with van der Waals surface area (Å²) in [4.78, 5) is 19.6. The van der Waals surface area contributed by atoms with E-state index in [9.17, 15) is 4.79 Å². The zero-order chi connectivity index (χ0) is 18.4. The van der Waals surface area contributed by atoms with Crippen LogP contribution in [-0.4, -0.2) is 28.9 Å². The summed E-state index contributed by atoms with van der Waals surface area (Å²) < 4.78 is 0. The number of carbonyl (C=O) groups is 1. The Balaban J connectivity index is 1.60. The fraction of sp³-hybridized carbons (Fsp3) is 0.455. The number of nitrogens with one attached hydrogen (secondary N) is 1. The molecule has 1 aliphatic rings. The minimum atomic E-state index is -0.0591. The average Bonchev–Trinajstić information content (AvgIpc) is 2.68. The molecular formula is C22H29N3O. The molecule has 1 fully saturated rings. The molecule has 1 aliphatic heterocycles. The van der Waals surface area contributed by atoms with E-state index >= 15 is 0 Å². The minimum absolute atomic E-state index is 0.0382. The van der Waals surface area contributed by atoms with Crippen LogP contribution in [0.3, 0.4) is 0 Å². The van der Waals surface area contributed by atoms with Crippen LogP contribution in [0.2, 0.25) is 0 Å². The van der Waals surface area contributed by atoms with Gasteiger partial charge in [-0.2, -0.15) is 0 Å². The van der Waals surface area contributed by atoms with Crippen molar-refractivity contribution in [1.29, 1.82) is 0 Å². The van der Waals surface area contributed by atoms with Crippen molar-refractivity contribution in [2.75, 3.05) is 13.1 Å². The third-order valence-electron chi connectivity index (χ3n) is 5.08. The van der Waals surface area contributed by atoms with Gasteiger partial charge in [-0.3, -0.25) is 14.7 Å². The van der Waals surface area contributed by atoms with Gasteiger partial charge in [-0.25, -0.2) is 0 Å². The van der Waals surface area contributed by atoms with Gasteiger partial charge in [0.15, 0.2) is 0 Å². The molecule has 0 aliphatic carbocycles. The standard InChI is InChI=1S/C22H29N3O/c1-3-20(21-12-7-17(2)15-23-21)24-22(26)19-10-8-18(9-11-19)16-25-13-5-4-6-14-25/h7-12,15,20H,3-6,13-14,16H2,1-2H3,(H,24,26). The normalized spacial score (nSPS) is 16.2. The van der Waals surface area contributed by atoms with E-state index in [1.54, 1.807) is 0 Å². The first-order valence-electron chi connectivity index (χ1n) is 9.70. The number of nitrogens with zero attached hydrogens (tertiary/aromatic N) is 2. The molecule has 1 aromatic heterocycles. The van der Waals surface area contributed by atoms with Gasteiger partial charge in [0, 0.05) is 18.3 Å². The number of hydrogen-bond acceptors (Lipinski definition) is 3. The van der Waals surface area contributed by atoms with Crippen molar-refractivity contribution in [3.05, 3.63) is 65.0 Å². The summed E-state index contributed by atoms with van der Waals surface area (Å²) >= 11 is 0. The maximum atomic E-state index is 12.6. The van der Waals surface area contributed by atoms with Gasteiger partial charge >= 0.3 is 0 Å². The van der Waals surface area contributed by atoms with E-state index in [0.717, 1.165) is 24.2 Å². The molecule has 3 rings (SSSR count). The fourth-order valence-electron chi connectivity index (χ4n) is 3.45. The molecule has 0 spiro atoms. The molecule has 138 valence electrons. The fourth-order valence-corrected chi connectivity index (χ4v) is 3.45. The van der Waals surface area contributed by atoms with Crippen LogP contribution < -0.4 is 5.32 Å². The van der Waals surface area contributed by atoms with Crippen molar-refractivity contribution >= 4 is 5.91 Å². The van der Waals surface area contributed by atoms with Crippen LogP contribution in [0.15, 0.2) is 42.6 Å². The first-order valence-corrected chi connectivity index (χ1v) is 9.70. The number of piperidine rings is 1. The smallest absolute Gasteiger partial charge is 0.251 e. The average molecular weight is 351 g/mol. The quantitative estimate of drug-likeness (QED) is 0.846. The third-order valence-corrected chi connectivity index (χ3v) is 5.08. The van der Waals surface area contributed by atoms with E-state index in [-0.39, 0.29) is 11.9 Å². The van der Waals surface area contributed by atoms with Gasteiger partial charge in [0.25, 0.3) is 5.91 Å². The first kappa shape index (κ1) is 18.6. The second kappa shape index (κ2) is 8.95. The van der Waals surface area contributed by atoms with Crippen molar-refractivity contribution in [2.45, 2.75) is 52.1 Å². The highest BCUT2D eigenvalue weighted by molar-refractivity contribution is 5.94. The van der Waals surface area contributed by atoms with Crippen molar-refractivity contribution in [3.8, 4) is 0 Å². The van der Waals surface area contributed by atoms with Gasteiger partial charge in [0.05, 0.1) is 11.7 Å². The summed E-state index contributed by atoms with van der Waals surface area (Å²) in [7, 11) is 0. The lowest BCUT2D eigenvalue weighted by Gasteiger charge is -2.26. The second-order valence-electron chi connectivity index (χ2n) is 7.23. The Bertz CT molecular complexity index is 703. The van der Waals surface area contributed by atoms with Gasteiger partial charge in [-0.1, -0.05) is 31.5 Å². The molecule has 1 aromatic carbocycles. The predicted octanol–water partition coefficient (Wildman–Crippen LogP) is 4.26. The van der Waals surface area contributed by atoms with E-state index < -0.39 is 0 Å². The lowest BCUT2D eigenvalue weighted by atomic mass is 10.1. The number of carbonyl (C=O) groups excluding carboxylic acids is 1. The van der Waals surface area contributed by atoms with Gasteiger partial charge < -0.3 is 5.32 Å². The van der Waals surface area contributed by atoms with Crippen LogP contribution in [0.1, 0.15) is 65.8 Å². The molecule has 4 heteroatoms. The number of pyridine rings is 1. The van der Waals surface area contributed by atoms with Crippen LogP contribution in [0.25, 0.3) is 0 Å². The monoisotopic (exact) mass is 351 g/mol. The maximum absolute atomic E-state index is 12.6. The molecule has 1 unspecified atom stereocenters. The van der Waals surface area contributed by atoms with E-state index in [1.807, 2.05) is 37.4 Å². The van der Waals surface area contributed by atoms with Crippen LogP contribution in [0.5, 0.6) is 0 Å². The van der Waals surface area contributed by atoms with Crippen molar-refractivity contribution in [2.24, 2.45) is 0 Å². The molecule has 26 heavy (non-hydrogen) atoms. The number of benzene rings is 1. The van der Waals surface area contributed by atoms with Gasteiger partial charge in [-0.05, 0) is 68.6 Å². The van der Waals surface area contributed by atoms with Crippen LogP contribution >= 0.6 is 0 Å². The summed E-state index contributed by atoms with van der Waals surface area (Å²) in [6.07, 6.45) is 6.61. The highest BCUT2D eigenvalue weighted by Crippen LogP contribution is 2.17. The molecule has 1 saturated heterocycles. The zero-order valence-electron chi connectivity index (χ0n) is 15.9. The van der Waals surface area contributed by atoms with Crippen LogP contribution in [-0.2, 0) is 6.54 Å². The molecule has 4 nitrogen and oxygen atoms in total. The molecule has 1 amide bonds. The Morgan fingerprint density at radius 3 is 2.46 bits per heavy atom. The van der Waals surface area contributed by atoms with Gasteiger partial charge in [-0.15, -0.1) is 0 Å². The van der Waals surface area contributed by atoms with Gasteiger partial charge in [0.1, 0.15) is 0 Å². The zero-order valence-corrected chi connectivity index (χ0v) is 15.9. The lowest BCUT2D eigenvalue weighted by Crippen LogP contribution is -2.29. The first-order chi connectivity index (χ1) is 12.7. The highest BCUT2D eigenvalue weighted by Gasteiger charge is 2.16. The summed E-state index contributed by atoms with van der Waals surface area (Å²) in [6, 6.07) is 12.0. The second-order valence-corrected chi connectivity index (χ2v) is 7.23. The van der Waals surface area contributed by atoms with Crippen molar-refractivity contribution in [1.82, 2.24) is 15.2 Å². The Morgan fingerprint density at radius 1 is 1.12 bits per heavy atom. The van der Waals surface area contributed by atoms with Gasteiger partial charge in [0.2, 0.25) is 0 Å². The largest absolute Gasteiger partial charge is 0.344 e. The van der Waals surface area contributed by atoms with E-state index in [2.05, 4.69) is 34.3 Å². The number of aromatic nitrogens is 1. The summed E-state index contributed by atoms with van der Waals surface area (Å²) in [5, 5.41) is 3.11. The Labute approximate surface area is 156 Å². The molecular weight excluding hydrogens is 322 g/mol. The number of rotatable bonds is 6. The molecule has 0 bridgehead atoms. The molecule has 2 aromatic rings. The summed E-state index contributed by atoms with van der Waals surface area (Å²) in [5.41, 5.74) is 4.01. The van der Waals surface area contributed by atoms with E-state index in [4.69, 9.17) is 0 Å². The number of hydrogen-bond donors (Lipinski definition) is 1. The third kappa shape index (κ3) is 4.92.